The lowest BCUT2D eigenvalue weighted by atomic mass is 10.1. The number of aryl methyl sites for hydroxylation is 1. The van der Waals surface area contributed by atoms with Crippen LogP contribution in [0.15, 0.2) is 27.8 Å². The van der Waals surface area contributed by atoms with Gasteiger partial charge in [0.05, 0.1) is 0 Å². The van der Waals surface area contributed by atoms with Crippen LogP contribution in [0.25, 0.3) is 11.3 Å². The molecule has 2 rings (SSSR count). The number of anilines is 1. The van der Waals surface area contributed by atoms with Crippen LogP contribution >= 0.6 is 0 Å². The van der Waals surface area contributed by atoms with E-state index in [1.807, 2.05) is 13.0 Å². The molecule has 2 aromatic heterocycles. The van der Waals surface area contributed by atoms with Crippen LogP contribution in [0.3, 0.4) is 0 Å². The third-order valence-electron chi connectivity index (χ3n) is 2.02. The molecule has 0 saturated carbocycles. The van der Waals surface area contributed by atoms with Crippen LogP contribution in [0.2, 0.25) is 0 Å². The summed E-state index contributed by atoms with van der Waals surface area (Å²) in [5.41, 5.74) is 6.89. The summed E-state index contributed by atoms with van der Waals surface area (Å²) in [4.78, 5) is 15.0. The molecule has 0 spiro atoms. The molecular formula is C9H9N3O2. The third-order valence-corrected chi connectivity index (χ3v) is 2.02. The van der Waals surface area contributed by atoms with Gasteiger partial charge in [0.15, 0.2) is 5.76 Å². The molecule has 0 fully saturated rings. The quantitative estimate of drug-likeness (QED) is 0.701. The molecule has 72 valence electrons. The number of aromatic nitrogens is 2. The van der Waals surface area contributed by atoms with Crippen molar-refractivity contribution in [2.75, 3.05) is 5.73 Å². The van der Waals surface area contributed by atoms with Crippen molar-refractivity contribution in [3.8, 4) is 11.3 Å². The Balaban J connectivity index is 2.66. The van der Waals surface area contributed by atoms with Crippen molar-refractivity contribution in [2.24, 2.45) is 0 Å². The molecule has 5 nitrogen and oxygen atoms in total. The number of aromatic amines is 1. The van der Waals surface area contributed by atoms with Crippen molar-refractivity contribution in [2.45, 2.75) is 6.92 Å². The number of pyridine rings is 1. The minimum absolute atomic E-state index is 0.0844. The zero-order chi connectivity index (χ0) is 10.1. The van der Waals surface area contributed by atoms with Crippen LogP contribution in [0.5, 0.6) is 0 Å². The molecule has 2 heterocycles. The molecule has 14 heavy (non-hydrogen) atoms. The second-order valence-electron chi connectivity index (χ2n) is 2.97. The van der Waals surface area contributed by atoms with Gasteiger partial charge in [-0.15, -0.1) is 0 Å². The predicted octanol–water partition coefficient (Wildman–Crippen LogP) is 0.921. The number of rotatable bonds is 1. The number of nitrogens with zero attached hydrogens (tertiary/aromatic N) is 1. The van der Waals surface area contributed by atoms with Gasteiger partial charge < -0.3 is 10.3 Å². The fourth-order valence-corrected chi connectivity index (χ4v) is 1.21. The van der Waals surface area contributed by atoms with Crippen molar-refractivity contribution in [1.29, 1.82) is 0 Å². The van der Waals surface area contributed by atoms with Gasteiger partial charge in [-0.25, -0.2) is 0 Å². The van der Waals surface area contributed by atoms with Gasteiger partial charge in [0.25, 0.3) is 0 Å². The molecule has 2 aromatic rings. The molecule has 0 amide bonds. The van der Waals surface area contributed by atoms with E-state index in [9.17, 15) is 4.79 Å². The number of H-pyrrole nitrogens is 1. The Bertz CT molecular complexity index is 513. The maximum absolute atomic E-state index is 11.0. The van der Waals surface area contributed by atoms with Crippen molar-refractivity contribution in [3.63, 3.8) is 0 Å². The normalized spacial score (nSPS) is 10.4. The topological polar surface area (TPSA) is 84.9 Å². The highest BCUT2D eigenvalue weighted by atomic mass is 16.5. The highest BCUT2D eigenvalue weighted by Crippen LogP contribution is 2.24. The van der Waals surface area contributed by atoms with Crippen molar-refractivity contribution >= 4 is 5.69 Å². The third kappa shape index (κ3) is 1.19. The maximum atomic E-state index is 11.0. The number of hydrogen-bond acceptors (Lipinski definition) is 4. The minimum Gasteiger partial charge on any atom is -0.391 e. The van der Waals surface area contributed by atoms with Crippen LogP contribution in [0.1, 0.15) is 5.56 Å². The largest absolute Gasteiger partial charge is 0.391 e. The highest BCUT2D eigenvalue weighted by Gasteiger charge is 2.13. The van der Waals surface area contributed by atoms with E-state index >= 15 is 0 Å². The van der Waals surface area contributed by atoms with Crippen LogP contribution in [-0.4, -0.2) is 10.1 Å². The lowest BCUT2D eigenvalue weighted by Gasteiger charge is -1.99. The fraction of sp³-hybridized carbons (Fsp3) is 0.111. The summed E-state index contributed by atoms with van der Waals surface area (Å²) in [6.07, 6.45) is 3.28. The Kier molecular flexibility index (Phi) is 1.85. The summed E-state index contributed by atoms with van der Waals surface area (Å²) in [6.45, 7) is 1.89. The first kappa shape index (κ1) is 8.55. The zero-order valence-corrected chi connectivity index (χ0v) is 7.57. The van der Waals surface area contributed by atoms with E-state index in [0.717, 1.165) is 11.1 Å². The number of nitrogen functional groups attached to an aromatic ring is 1. The summed E-state index contributed by atoms with van der Waals surface area (Å²) < 4.78 is 4.96. The number of hydrogen-bond donors (Lipinski definition) is 2. The lowest BCUT2D eigenvalue weighted by Crippen LogP contribution is -2.04. The maximum Gasteiger partial charge on any atom is 0.303 e. The average Bonchev–Trinajstić information content (AvgIpc) is 2.49. The van der Waals surface area contributed by atoms with E-state index in [-0.39, 0.29) is 5.69 Å². The van der Waals surface area contributed by atoms with Gasteiger partial charge in [0, 0.05) is 18.0 Å². The molecule has 0 aliphatic rings. The van der Waals surface area contributed by atoms with Crippen LogP contribution in [0, 0.1) is 6.92 Å². The summed E-state index contributed by atoms with van der Waals surface area (Å²) >= 11 is 0. The number of nitrogens with one attached hydrogen (secondary N) is 1. The fourth-order valence-electron chi connectivity index (χ4n) is 1.21. The van der Waals surface area contributed by atoms with E-state index < -0.39 is 5.56 Å². The molecule has 0 saturated heterocycles. The van der Waals surface area contributed by atoms with E-state index in [2.05, 4.69) is 10.1 Å². The summed E-state index contributed by atoms with van der Waals surface area (Å²) in [7, 11) is 0. The first-order valence-electron chi connectivity index (χ1n) is 4.08. The first-order chi connectivity index (χ1) is 6.70. The molecule has 0 aliphatic carbocycles. The van der Waals surface area contributed by atoms with E-state index in [1.54, 1.807) is 12.4 Å². The Hall–Kier alpha value is -2.04. The van der Waals surface area contributed by atoms with Crippen LogP contribution in [0.4, 0.5) is 5.69 Å². The first-order valence-corrected chi connectivity index (χ1v) is 4.08. The molecule has 0 aromatic carbocycles. The van der Waals surface area contributed by atoms with Gasteiger partial charge in [-0.2, -0.15) is 5.16 Å². The van der Waals surface area contributed by atoms with Gasteiger partial charge in [-0.1, -0.05) is 0 Å². The lowest BCUT2D eigenvalue weighted by molar-refractivity contribution is 0.425. The molecule has 5 heteroatoms. The smallest absolute Gasteiger partial charge is 0.303 e. The van der Waals surface area contributed by atoms with E-state index in [0.29, 0.717) is 5.76 Å². The molecule has 0 atom stereocenters. The van der Waals surface area contributed by atoms with Gasteiger partial charge in [0.2, 0.25) is 0 Å². The van der Waals surface area contributed by atoms with Gasteiger partial charge in [-0.05, 0) is 18.6 Å². The predicted molar refractivity (Wildman–Crippen MR) is 51.7 cm³/mol. The zero-order valence-electron chi connectivity index (χ0n) is 7.57. The van der Waals surface area contributed by atoms with Gasteiger partial charge in [0.1, 0.15) is 5.69 Å². The second kappa shape index (κ2) is 3.02. The van der Waals surface area contributed by atoms with Gasteiger partial charge in [-0.3, -0.25) is 9.78 Å². The molecule has 3 N–H and O–H groups in total. The molecule has 0 radical (unpaired) electrons. The standard InChI is InChI=1S/C9H9N3O2/c1-5-2-3-11-4-6(5)8-7(10)9(13)12-14-8/h2-4H,10H2,1H3,(H,12,13). The van der Waals surface area contributed by atoms with Crippen molar-refractivity contribution in [1.82, 2.24) is 10.1 Å². The minimum atomic E-state index is -0.414. The molecular weight excluding hydrogens is 182 g/mol. The Morgan fingerprint density at radius 2 is 2.36 bits per heavy atom. The monoisotopic (exact) mass is 191 g/mol. The van der Waals surface area contributed by atoms with Crippen LogP contribution in [-0.2, 0) is 0 Å². The summed E-state index contributed by atoms with van der Waals surface area (Å²) in [6, 6.07) is 1.82. The molecule has 0 unspecified atom stereocenters. The van der Waals surface area contributed by atoms with Gasteiger partial charge >= 0.3 is 5.56 Å². The number of nitrogens with two attached hydrogens (primary N) is 1. The SMILES string of the molecule is Cc1ccncc1-c1o[nH]c(=O)c1N. The Morgan fingerprint density at radius 3 is 2.93 bits per heavy atom. The van der Waals surface area contributed by atoms with E-state index in [4.69, 9.17) is 10.3 Å². The average molecular weight is 191 g/mol. The second-order valence-corrected chi connectivity index (χ2v) is 2.97. The highest BCUT2D eigenvalue weighted by molar-refractivity contribution is 5.71. The summed E-state index contributed by atoms with van der Waals surface area (Å²) in [5, 5.41) is 2.18. The van der Waals surface area contributed by atoms with Crippen molar-refractivity contribution < 1.29 is 4.52 Å². The Morgan fingerprint density at radius 1 is 1.57 bits per heavy atom. The van der Waals surface area contributed by atoms with Crippen LogP contribution < -0.4 is 11.3 Å². The summed E-state index contributed by atoms with van der Waals surface area (Å²) in [5.74, 6) is 0.348. The Labute approximate surface area is 79.5 Å². The van der Waals surface area contributed by atoms with Crippen molar-refractivity contribution in [3.05, 3.63) is 34.4 Å². The molecule has 0 bridgehead atoms. The molecule has 0 aliphatic heterocycles. The van der Waals surface area contributed by atoms with E-state index in [1.165, 1.54) is 0 Å².